The minimum Gasteiger partial charge on any atom is -0.366 e. The first-order valence-corrected chi connectivity index (χ1v) is 7.85. The van der Waals surface area contributed by atoms with Crippen LogP contribution in [-0.2, 0) is 0 Å². The Labute approximate surface area is 140 Å². The summed E-state index contributed by atoms with van der Waals surface area (Å²) in [6, 6.07) is 5.78. The third-order valence-corrected chi connectivity index (χ3v) is 4.44. The molecular formula is C17H12FN5O2. The number of fused-ring (bicyclic) bond motifs is 3. The highest BCUT2D eigenvalue weighted by Gasteiger charge is 2.30. The zero-order valence-corrected chi connectivity index (χ0v) is 12.9. The molecule has 0 spiro atoms. The standard InChI is InChI=1S/C17H12FN5O2/c18-9-3-4-12-10(5-9)11(15(19)24)6-13-14(20-7-23(12)13)16-21-17(25-22-16)8-1-2-8/h3-8H,1-2H2,(H2,19,24). The maximum absolute atomic E-state index is 13.6. The van der Waals surface area contributed by atoms with E-state index in [0.717, 1.165) is 12.8 Å². The summed E-state index contributed by atoms with van der Waals surface area (Å²) < 4.78 is 20.7. The van der Waals surface area contributed by atoms with Crippen LogP contribution < -0.4 is 5.73 Å². The predicted octanol–water partition coefficient (Wildman–Crippen LogP) is 2.65. The van der Waals surface area contributed by atoms with Gasteiger partial charge in [0.1, 0.15) is 17.8 Å². The van der Waals surface area contributed by atoms with Crippen LogP contribution in [0, 0.1) is 5.82 Å². The third-order valence-electron chi connectivity index (χ3n) is 4.44. The topological polar surface area (TPSA) is 99.3 Å². The van der Waals surface area contributed by atoms with E-state index in [1.54, 1.807) is 22.9 Å². The first-order valence-electron chi connectivity index (χ1n) is 7.85. The van der Waals surface area contributed by atoms with Gasteiger partial charge in [-0.15, -0.1) is 0 Å². The lowest BCUT2D eigenvalue weighted by atomic mass is 10.1. The molecule has 4 aromatic rings. The van der Waals surface area contributed by atoms with Gasteiger partial charge in [0.15, 0.2) is 0 Å². The molecule has 1 fully saturated rings. The van der Waals surface area contributed by atoms with Gasteiger partial charge in [-0.2, -0.15) is 4.98 Å². The number of carbonyl (C=O) groups excluding carboxylic acids is 1. The van der Waals surface area contributed by atoms with Gasteiger partial charge in [-0.3, -0.25) is 9.20 Å². The van der Waals surface area contributed by atoms with E-state index in [9.17, 15) is 9.18 Å². The SMILES string of the molecule is NC(=O)c1cc2c(-c3noc(C4CC4)n3)ncn2c2ccc(F)cc12. The Kier molecular flexibility index (Phi) is 2.74. The quantitative estimate of drug-likeness (QED) is 0.619. The predicted molar refractivity (Wildman–Crippen MR) is 86.4 cm³/mol. The number of carbonyl (C=O) groups is 1. The van der Waals surface area contributed by atoms with Crippen LogP contribution in [-0.4, -0.2) is 25.4 Å². The molecule has 0 aliphatic heterocycles. The molecule has 5 rings (SSSR count). The van der Waals surface area contributed by atoms with Crippen molar-refractivity contribution in [2.75, 3.05) is 0 Å². The summed E-state index contributed by atoms with van der Waals surface area (Å²) in [6.07, 6.45) is 3.68. The average Bonchev–Trinajstić information content (AvgIpc) is 3.17. The Balaban J connectivity index is 1.79. The van der Waals surface area contributed by atoms with Crippen molar-refractivity contribution >= 4 is 22.3 Å². The molecule has 7 nitrogen and oxygen atoms in total. The first kappa shape index (κ1) is 14.1. The van der Waals surface area contributed by atoms with Gasteiger partial charge in [0.05, 0.1) is 16.6 Å². The van der Waals surface area contributed by atoms with Crippen molar-refractivity contribution in [3.05, 3.63) is 47.9 Å². The van der Waals surface area contributed by atoms with Gasteiger partial charge in [0.25, 0.3) is 0 Å². The number of aromatic nitrogens is 4. The van der Waals surface area contributed by atoms with Gasteiger partial charge < -0.3 is 10.3 Å². The number of rotatable bonds is 3. The monoisotopic (exact) mass is 337 g/mol. The normalized spacial score (nSPS) is 14.4. The van der Waals surface area contributed by atoms with Crippen molar-refractivity contribution in [1.82, 2.24) is 19.5 Å². The summed E-state index contributed by atoms with van der Waals surface area (Å²) in [5.74, 6) is 0.217. The Bertz CT molecular complexity index is 1160. The molecule has 1 saturated carbocycles. The largest absolute Gasteiger partial charge is 0.366 e. The lowest BCUT2D eigenvalue weighted by Gasteiger charge is -2.07. The van der Waals surface area contributed by atoms with Crippen LogP contribution in [0.5, 0.6) is 0 Å². The molecule has 0 unspecified atom stereocenters. The molecule has 1 amide bonds. The van der Waals surface area contributed by atoms with E-state index < -0.39 is 11.7 Å². The Morgan fingerprint density at radius 2 is 2.12 bits per heavy atom. The van der Waals surface area contributed by atoms with Crippen LogP contribution in [0.3, 0.4) is 0 Å². The van der Waals surface area contributed by atoms with E-state index >= 15 is 0 Å². The maximum atomic E-state index is 13.6. The molecule has 25 heavy (non-hydrogen) atoms. The van der Waals surface area contributed by atoms with Crippen molar-refractivity contribution < 1.29 is 13.7 Å². The summed E-state index contributed by atoms with van der Waals surface area (Å²) in [4.78, 5) is 20.6. The maximum Gasteiger partial charge on any atom is 0.249 e. The molecule has 8 heteroatoms. The highest BCUT2D eigenvalue weighted by molar-refractivity contribution is 6.07. The number of hydrogen-bond donors (Lipinski definition) is 1. The number of amides is 1. The summed E-state index contributed by atoms with van der Waals surface area (Å²) in [6.45, 7) is 0. The molecule has 0 saturated heterocycles. The molecule has 0 bridgehead atoms. The second-order valence-electron chi connectivity index (χ2n) is 6.16. The van der Waals surface area contributed by atoms with Gasteiger partial charge in [0.2, 0.25) is 17.6 Å². The van der Waals surface area contributed by atoms with Crippen LogP contribution in [0.25, 0.3) is 27.9 Å². The summed E-state index contributed by atoms with van der Waals surface area (Å²) in [5.41, 5.74) is 7.43. The fourth-order valence-corrected chi connectivity index (χ4v) is 3.04. The molecule has 0 atom stereocenters. The van der Waals surface area contributed by atoms with Gasteiger partial charge in [-0.05, 0) is 37.1 Å². The summed E-state index contributed by atoms with van der Waals surface area (Å²) >= 11 is 0. The van der Waals surface area contributed by atoms with E-state index in [4.69, 9.17) is 10.3 Å². The zero-order valence-electron chi connectivity index (χ0n) is 12.9. The minimum atomic E-state index is -0.642. The van der Waals surface area contributed by atoms with Gasteiger partial charge in [-0.1, -0.05) is 5.16 Å². The molecule has 3 heterocycles. The zero-order chi connectivity index (χ0) is 17.1. The Morgan fingerprint density at radius 1 is 1.28 bits per heavy atom. The second-order valence-corrected chi connectivity index (χ2v) is 6.16. The van der Waals surface area contributed by atoms with Crippen molar-refractivity contribution in [1.29, 1.82) is 0 Å². The number of halogens is 1. The van der Waals surface area contributed by atoms with Crippen molar-refractivity contribution in [3.63, 3.8) is 0 Å². The number of hydrogen-bond acceptors (Lipinski definition) is 5. The van der Waals surface area contributed by atoms with Crippen LogP contribution >= 0.6 is 0 Å². The lowest BCUT2D eigenvalue weighted by Crippen LogP contribution is -2.12. The van der Waals surface area contributed by atoms with Crippen LogP contribution in [0.4, 0.5) is 4.39 Å². The molecular weight excluding hydrogens is 325 g/mol. The highest BCUT2D eigenvalue weighted by Crippen LogP contribution is 2.39. The van der Waals surface area contributed by atoms with Crippen molar-refractivity contribution in [2.45, 2.75) is 18.8 Å². The molecule has 3 aromatic heterocycles. The smallest absolute Gasteiger partial charge is 0.249 e. The Morgan fingerprint density at radius 3 is 2.88 bits per heavy atom. The molecule has 1 aliphatic carbocycles. The van der Waals surface area contributed by atoms with E-state index in [-0.39, 0.29) is 5.56 Å². The van der Waals surface area contributed by atoms with Crippen LogP contribution in [0.15, 0.2) is 35.1 Å². The summed E-state index contributed by atoms with van der Waals surface area (Å²) in [7, 11) is 0. The van der Waals surface area contributed by atoms with Gasteiger partial charge in [0, 0.05) is 11.3 Å². The van der Waals surface area contributed by atoms with E-state index in [1.165, 1.54) is 12.1 Å². The van der Waals surface area contributed by atoms with E-state index in [0.29, 0.717) is 39.7 Å². The molecule has 1 aromatic carbocycles. The Hall–Kier alpha value is -3.29. The van der Waals surface area contributed by atoms with E-state index in [2.05, 4.69) is 15.1 Å². The molecule has 1 aliphatic rings. The third kappa shape index (κ3) is 2.10. The van der Waals surface area contributed by atoms with E-state index in [1.807, 2.05) is 0 Å². The number of benzene rings is 1. The highest BCUT2D eigenvalue weighted by atomic mass is 19.1. The summed E-state index contributed by atoms with van der Waals surface area (Å²) in [5, 5.41) is 4.43. The van der Waals surface area contributed by atoms with Crippen molar-refractivity contribution in [2.24, 2.45) is 5.73 Å². The minimum absolute atomic E-state index is 0.217. The number of pyridine rings is 1. The fourth-order valence-electron chi connectivity index (χ4n) is 3.04. The number of imidazole rings is 1. The van der Waals surface area contributed by atoms with Gasteiger partial charge >= 0.3 is 0 Å². The second kappa shape index (κ2) is 4.85. The lowest BCUT2D eigenvalue weighted by molar-refractivity contribution is 0.100. The van der Waals surface area contributed by atoms with Crippen LogP contribution in [0.1, 0.15) is 35.0 Å². The number of nitrogens with two attached hydrogens (primary N) is 1. The molecule has 2 N–H and O–H groups in total. The van der Waals surface area contributed by atoms with Crippen LogP contribution in [0.2, 0.25) is 0 Å². The first-order chi connectivity index (χ1) is 12.1. The number of nitrogens with zero attached hydrogens (tertiary/aromatic N) is 4. The van der Waals surface area contributed by atoms with Gasteiger partial charge in [-0.25, -0.2) is 9.37 Å². The molecule has 0 radical (unpaired) electrons. The fraction of sp³-hybridized carbons (Fsp3) is 0.176. The average molecular weight is 337 g/mol. The number of primary amides is 1. The molecule has 124 valence electrons. The van der Waals surface area contributed by atoms with Crippen molar-refractivity contribution in [3.8, 4) is 11.5 Å².